The molecule has 0 saturated heterocycles. The Morgan fingerprint density at radius 3 is 2.94 bits per heavy atom. The first-order valence-electron chi connectivity index (χ1n) is 5.28. The van der Waals surface area contributed by atoms with Crippen molar-refractivity contribution in [3.63, 3.8) is 0 Å². The number of hydrogen-bond donors (Lipinski definition) is 0. The van der Waals surface area contributed by atoms with Gasteiger partial charge < -0.3 is 4.42 Å². The van der Waals surface area contributed by atoms with E-state index >= 15 is 0 Å². The van der Waals surface area contributed by atoms with Crippen LogP contribution in [0, 0.1) is 6.92 Å². The maximum absolute atomic E-state index is 11.8. The zero-order chi connectivity index (χ0) is 11.8. The van der Waals surface area contributed by atoms with Crippen LogP contribution >= 0.6 is 0 Å². The van der Waals surface area contributed by atoms with E-state index in [2.05, 4.69) is 4.98 Å². The van der Waals surface area contributed by atoms with Crippen LogP contribution in [0.3, 0.4) is 0 Å². The van der Waals surface area contributed by atoms with E-state index in [0.29, 0.717) is 11.1 Å². The first-order valence-corrected chi connectivity index (χ1v) is 5.28. The molecule has 0 aliphatic rings. The highest BCUT2D eigenvalue weighted by molar-refractivity contribution is 5.75. The van der Waals surface area contributed by atoms with Crippen LogP contribution in [0.15, 0.2) is 52.1 Å². The summed E-state index contributed by atoms with van der Waals surface area (Å²) in [7, 11) is 0. The fourth-order valence-corrected chi connectivity index (χ4v) is 1.85. The topological polar surface area (TPSA) is 48.0 Å². The highest BCUT2D eigenvalue weighted by Gasteiger charge is 2.10. The number of fused-ring (bicyclic) bond motifs is 1. The van der Waals surface area contributed by atoms with Crippen molar-refractivity contribution in [2.45, 2.75) is 6.92 Å². The number of rotatable bonds is 1. The molecular weight excluding hydrogens is 216 g/mol. The molecule has 0 amide bonds. The molecule has 0 N–H and O–H groups in total. The van der Waals surface area contributed by atoms with Gasteiger partial charge in [0.25, 0.3) is 0 Å². The minimum Gasteiger partial charge on any atom is -0.459 e. The van der Waals surface area contributed by atoms with E-state index in [1.807, 2.05) is 22.8 Å². The lowest BCUT2D eigenvalue weighted by molar-refractivity contribution is 0.611. The summed E-state index contributed by atoms with van der Waals surface area (Å²) in [6.45, 7) is 1.77. The van der Waals surface area contributed by atoms with Gasteiger partial charge in [-0.05, 0) is 19.1 Å². The molecule has 3 aromatic heterocycles. The molecule has 0 spiro atoms. The quantitative estimate of drug-likeness (QED) is 0.639. The van der Waals surface area contributed by atoms with Crippen LogP contribution in [0.1, 0.15) is 5.56 Å². The molecule has 0 aromatic carbocycles. The molecule has 0 aliphatic heterocycles. The second-order valence-electron chi connectivity index (χ2n) is 3.83. The second-order valence-corrected chi connectivity index (χ2v) is 3.83. The Labute approximate surface area is 97.1 Å². The number of pyridine rings is 2. The predicted octanol–water partition coefficient (Wildman–Crippen LogP) is 2.29. The maximum Gasteiger partial charge on any atom is 0.227 e. The Bertz CT molecular complexity index is 726. The van der Waals surface area contributed by atoms with Crippen molar-refractivity contribution in [3.8, 4) is 5.82 Å². The molecule has 0 aliphatic carbocycles. The predicted molar refractivity (Wildman–Crippen MR) is 64.3 cm³/mol. The van der Waals surface area contributed by atoms with Crippen molar-refractivity contribution >= 4 is 11.1 Å². The lowest BCUT2D eigenvalue weighted by Gasteiger charge is -2.07. The summed E-state index contributed by atoms with van der Waals surface area (Å²) in [4.78, 5) is 16.1. The monoisotopic (exact) mass is 226 g/mol. The van der Waals surface area contributed by atoms with E-state index in [0.717, 1.165) is 11.3 Å². The number of furan rings is 1. The van der Waals surface area contributed by atoms with Gasteiger partial charge in [0.1, 0.15) is 5.82 Å². The van der Waals surface area contributed by atoms with Crippen molar-refractivity contribution in [1.29, 1.82) is 0 Å². The summed E-state index contributed by atoms with van der Waals surface area (Å²) in [5, 5.41) is 0. The van der Waals surface area contributed by atoms with E-state index in [4.69, 9.17) is 4.42 Å². The summed E-state index contributed by atoms with van der Waals surface area (Å²) in [6.07, 6.45) is 5.02. The number of aryl methyl sites for hydroxylation is 1. The average Bonchev–Trinajstić information content (AvgIpc) is 2.84. The van der Waals surface area contributed by atoms with Crippen LogP contribution in [0.5, 0.6) is 0 Å². The fourth-order valence-electron chi connectivity index (χ4n) is 1.85. The Morgan fingerprint density at radius 1 is 1.29 bits per heavy atom. The normalized spacial score (nSPS) is 10.9. The highest BCUT2D eigenvalue weighted by atomic mass is 16.3. The standard InChI is InChI=1S/C13H10N2O2/c1-9-8-15(11-4-2-3-6-14-11)10-5-7-17-13(10)12(9)16/h2-8H,1H3. The molecule has 0 saturated carbocycles. The van der Waals surface area contributed by atoms with Crippen LogP contribution < -0.4 is 5.43 Å². The summed E-state index contributed by atoms with van der Waals surface area (Å²) < 4.78 is 7.09. The lowest BCUT2D eigenvalue weighted by atomic mass is 10.2. The SMILES string of the molecule is Cc1cn(-c2ccccn2)c2ccoc2c1=O. The minimum atomic E-state index is -0.0721. The molecule has 4 nitrogen and oxygen atoms in total. The van der Waals surface area contributed by atoms with E-state index in [1.165, 1.54) is 6.26 Å². The summed E-state index contributed by atoms with van der Waals surface area (Å²) in [5.41, 5.74) is 1.67. The van der Waals surface area contributed by atoms with Crippen LogP contribution in [0.2, 0.25) is 0 Å². The van der Waals surface area contributed by atoms with Gasteiger partial charge in [0, 0.05) is 24.0 Å². The molecule has 84 valence electrons. The van der Waals surface area contributed by atoms with Crippen molar-refractivity contribution in [3.05, 3.63) is 58.7 Å². The molecule has 17 heavy (non-hydrogen) atoms. The molecule has 0 atom stereocenters. The molecule has 3 heterocycles. The third kappa shape index (κ3) is 1.45. The van der Waals surface area contributed by atoms with Gasteiger partial charge in [-0.3, -0.25) is 9.36 Å². The van der Waals surface area contributed by atoms with E-state index in [-0.39, 0.29) is 5.43 Å². The highest BCUT2D eigenvalue weighted by Crippen LogP contribution is 2.16. The summed E-state index contributed by atoms with van der Waals surface area (Å²) >= 11 is 0. The van der Waals surface area contributed by atoms with Gasteiger partial charge in [0.2, 0.25) is 5.43 Å². The van der Waals surface area contributed by atoms with Gasteiger partial charge >= 0.3 is 0 Å². The smallest absolute Gasteiger partial charge is 0.227 e. The summed E-state index contributed by atoms with van der Waals surface area (Å²) in [5.74, 6) is 0.766. The first kappa shape index (κ1) is 9.84. The Kier molecular flexibility index (Phi) is 2.08. The third-order valence-corrected chi connectivity index (χ3v) is 2.69. The molecule has 0 fully saturated rings. The van der Waals surface area contributed by atoms with Crippen LogP contribution in [0.4, 0.5) is 0 Å². The van der Waals surface area contributed by atoms with Crippen molar-refractivity contribution in [2.75, 3.05) is 0 Å². The van der Waals surface area contributed by atoms with Gasteiger partial charge in [-0.2, -0.15) is 0 Å². The maximum atomic E-state index is 11.8. The molecular formula is C13H10N2O2. The average molecular weight is 226 g/mol. The van der Waals surface area contributed by atoms with Crippen molar-refractivity contribution in [2.24, 2.45) is 0 Å². The first-order chi connectivity index (χ1) is 8.27. The van der Waals surface area contributed by atoms with Crippen molar-refractivity contribution in [1.82, 2.24) is 9.55 Å². The van der Waals surface area contributed by atoms with Gasteiger partial charge in [-0.25, -0.2) is 4.98 Å². The number of hydrogen-bond acceptors (Lipinski definition) is 3. The fraction of sp³-hybridized carbons (Fsp3) is 0.0769. The van der Waals surface area contributed by atoms with Gasteiger partial charge in [-0.15, -0.1) is 0 Å². The van der Waals surface area contributed by atoms with Crippen molar-refractivity contribution < 1.29 is 4.42 Å². The van der Waals surface area contributed by atoms with Gasteiger partial charge in [0.05, 0.1) is 11.8 Å². The van der Waals surface area contributed by atoms with E-state index in [9.17, 15) is 4.79 Å². The molecule has 3 aromatic rings. The molecule has 3 rings (SSSR count). The largest absolute Gasteiger partial charge is 0.459 e. The Hall–Kier alpha value is -2.36. The van der Waals surface area contributed by atoms with Crippen LogP contribution in [0.25, 0.3) is 16.9 Å². The number of nitrogens with zero attached hydrogens (tertiary/aromatic N) is 2. The molecule has 0 radical (unpaired) electrons. The minimum absolute atomic E-state index is 0.0721. The summed E-state index contributed by atoms with van der Waals surface area (Å²) in [6, 6.07) is 7.41. The van der Waals surface area contributed by atoms with E-state index < -0.39 is 0 Å². The second kappa shape index (κ2) is 3.59. The Morgan fingerprint density at radius 2 is 2.18 bits per heavy atom. The Balaban J connectivity index is 2.42. The van der Waals surface area contributed by atoms with Crippen LogP contribution in [-0.4, -0.2) is 9.55 Å². The van der Waals surface area contributed by atoms with Gasteiger partial charge in [-0.1, -0.05) is 6.07 Å². The van der Waals surface area contributed by atoms with E-state index in [1.54, 1.807) is 25.4 Å². The number of aromatic nitrogens is 2. The van der Waals surface area contributed by atoms with Gasteiger partial charge in [0.15, 0.2) is 5.58 Å². The molecule has 0 bridgehead atoms. The zero-order valence-electron chi connectivity index (χ0n) is 9.25. The zero-order valence-corrected chi connectivity index (χ0v) is 9.25. The molecule has 4 heteroatoms. The third-order valence-electron chi connectivity index (χ3n) is 2.69. The van der Waals surface area contributed by atoms with Crippen LogP contribution in [-0.2, 0) is 0 Å². The molecule has 0 unspecified atom stereocenters. The lowest BCUT2D eigenvalue weighted by Crippen LogP contribution is -2.10.